The Morgan fingerprint density at radius 1 is 1.44 bits per heavy atom. The van der Waals surface area contributed by atoms with Gasteiger partial charge in [-0.2, -0.15) is 0 Å². The molecule has 2 rings (SSSR count). The van der Waals surface area contributed by atoms with Crippen molar-refractivity contribution < 1.29 is 0 Å². The van der Waals surface area contributed by atoms with Crippen LogP contribution in [-0.2, 0) is 0 Å². The minimum atomic E-state index is 0.530. The molecule has 2 nitrogen and oxygen atoms in total. The lowest BCUT2D eigenvalue weighted by Gasteiger charge is -2.27. The molecule has 0 spiro atoms. The van der Waals surface area contributed by atoms with E-state index in [9.17, 15) is 0 Å². The molecule has 0 amide bonds. The average Bonchev–Trinajstić information content (AvgIpc) is 2.75. The summed E-state index contributed by atoms with van der Waals surface area (Å²) < 4.78 is 1.11. The van der Waals surface area contributed by atoms with E-state index >= 15 is 0 Å². The van der Waals surface area contributed by atoms with Crippen LogP contribution in [0.3, 0.4) is 0 Å². The summed E-state index contributed by atoms with van der Waals surface area (Å²) in [5, 5.41) is 0. The second-order valence-electron chi connectivity index (χ2n) is 4.71. The number of aromatic nitrogens is 1. The third kappa shape index (κ3) is 2.10. The molecule has 3 heteroatoms. The normalized spacial score (nSPS) is 19.1. The van der Waals surface area contributed by atoms with Crippen LogP contribution in [0.15, 0.2) is 22.9 Å². The second kappa shape index (κ2) is 4.74. The summed E-state index contributed by atoms with van der Waals surface area (Å²) in [5.41, 5.74) is 1.82. The molecule has 0 unspecified atom stereocenters. The Bertz CT molecular complexity index is 361. The van der Waals surface area contributed by atoms with Gasteiger partial charge in [-0.25, -0.2) is 0 Å². The van der Waals surface area contributed by atoms with Crippen molar-refractivity contribution >= 4 is 21.6 Å². The van der Waals surface area contributed by atoms with Crippen LogP contribution in [-0.4, -0.2) is 18.1 Å². The monoisotopic (exact) mass is 282 g/mol. The molecule has 2 heterocycles. The van der Waals surface area contributed by atoms with Crippen molar-refractivity contribution in [3.05, 3.63) is 22.9 Å². The molecule has 0 aliphatic carbocycles. The predicted molar refractivity (Wildman–Crippen MR) is 71.8 cm³/mol. The lowest BCUT2D eigenvalue weighted by molar-refractivity contribution is 0.301. The zero-order valence-corrected chi connectivity index (χ0v) is 11.6. The summed E-state index contributed by atoms with van der Waals surface area (Å²) in [6.07, 6.45) is 7.63. The minimum Gasteiger partial charge on any atom is -0.370 e. The first kappa shape index (κ1) is 11.9. The Hall–Kier alpha value is -0.570. The van der Waals surface area contributed by atoms with E-state index in [2.05, 4.69) is 45.7 Å². The second-order valence-corrected chi connectivity index (χ2v) is 5.56. The molecule has 88 valence electrons. The summed E-state index contributed by atoms with van der Waals surface area (Å²) in [4.78, 5) is 6.60. The third-order valence-electron chi connectivity index (χ3n) is 4.03. The van der Waals surface area contributed by atoms with Gasteiger partial charge >= 0.3 is 0 Å². The van der Waals surface area contributed by atoms with E-state index in [1.54, 1.807) is 0 Å². The molecular weight excluding hydrogens is 264 g/mol. The molecule has 16 heavy (non-hydrogen) atoms. The highest BCUT2D eigenvalue weighted by molar-refractivity contribution is 9.10. The van der Waals surface area contributed by atoms with Crippen molar-refractivity contribution in [2.75, 3.05) is 18.0 Å². The van der Waals surface area contributed by atoms with Gasteiger partial charge in [0, 0.05) is 25.5 Å². The van der Waals surface area contributed by atoms with Crippen LogP contribution in [0.4, 0.5) is 5.69 Å². The van der Waals surface area contributed by atoms with Crippen molar-refractivity contribution in [3.8, 4) is 0 Å². The van der Waals surface area contributed by atoms with Crippen LogP contribution in [0.1, 0.15) is 33.1 Å². The third-order valence-corrected chi connectivity index (χ3v) is 4.64. The van der Waals surface area contributed by atoms with Gasteiger partial charge in [-0.15, -0.1) is 0 Å². The topological polar surface area (TPSA) is 16.1 Å². The molecule has 0 aromatic carbocycles. The molecule has 0 saturated carbocycles. The number of halogens is 1. The van der Waals surface area contributed by atoms with E-state index in [0.29, 0.717) is 5.41 Å². The molecular formula is C13H19BrN2. The highest BCUT2D eigenvalue weighted by atomic mass is 79.9. The summed E-state index contributed by atoms with van der Waals surface area (Å²) in [5.74, 6) is 0. The Morgan fingerprint density at radius 2 is 2.19 bits per heavy atom. The van der Waals surface area contributed by atoms with Gasteiger partial charge in [-0.05, 0) is 46.7 Å². The van der Waals surface area contributed by atoms with Crippen LogP contribution in [0.2, 0.25) is 0 Å². The van der Waals surface area contributed by atoms with Gasteiger partial charge in [0.2, 0.25) is 0 Å². The van der Waals surface area contributed by atoms with Gasteiger partial charge in [0.1, 0.15) is 0 Å². The maximum Gasteiger partial charge on any atom is 0.0592 e. The maximum atomic E-state index is 4.12. The SMILES string of the molecule is CCC1(CC)CCN(c2ccncc2Br)C1. The van der Waals surface area contributed by atoms with Crippen LogP contribution < -0.4 is 4.90 Å². The molecule has 1 aromatic heterocycles. The van der Waals surface area contributed by atoms with Crippen LogP contribution in [0.25, 0.3) is 0 Å². The van der Waals surface area contributed by atoms with Crippen LogP contribution in [0.5, 0.6) is 0 Å². The van der Waals surface area contributed by atoms with Crippen molar-refractivity contribution in [2.24, 2.45) is 5.41 Å². The van der Waals surface area contributed by atoms with Crippen molar-refractivity contribution in [3.63, 3.8) is 0 Å². The fraction of sp³-hybridized carbons (Fsp3) is 0.615. The number of anilines is 1. The van der Waals surface area contributed by atoms with Gasteiger partial charge < -0.3 is 4.90 Å². The van der Waals surface area contributed by atoms with Gasteiger partial charge in [-0.3, -0.25) is 4.98 Å². The van der Waals surface area contributed by atoms with Gasteiger partial charge in [-0.1, -0.05) is 13.8 Å². The van der Waals surface area contributed by atoms with E-state index in [4.69, 9.17) is 0 Å². The quantitative estimate of drug-likeness (QED) is 0.837. The number of pyridine rings is 1. The highest BCUT2D eigenvalue weighted by Gasteiger charge is 2.35. The molecule has 1 saturated heterocycles. The number of nitrogens with zero attached hydrogens (tertiary/aromatic N) is 2. The molecule has 1 aromatic rings. The Morgan fingerprint density at radius 3 is 2.75 bits per heavy atom. The first-order chi connectivity index (χ1) is 7.71. The molecule has 1 aliphatic rings. The number of hydrogen-bond donors (Lipinski definition) is 0. The van der Waals surface area contributed by atoms with Gasteiger partial charge in [0.15, 0.2) is 0 Å². The van der Waals surface area contributed by atoms with Crippen LogP contribution >= 0.6 is 15.9 Å². The smallest absolute Gasteiger partial charge is 0.0592 e. The fourth-order valence-corrected chi connectivity index (χ4v) is 3.09. The first-order valence-electron chi connectivity index (χ1n) is 6.05. The van der Waals surface area contributed by atoms with Gasteiger partial charge in [0.05, 0.1) is 10.2 Å². The molecule has 1 fully saturated rings. The summed E-state index contributed by atoms with van der Waals surface area (Å²) >= 11 is 3.58. The summed E-state index contributed by atoms with van der Waals surface area (Å²) in [7, 11) is 0. The van der Waals surface area contributed by atoms with Crippen molar-refractivity contribution in [1.82, 2.24) is 4.98 Å². The molecule has 0 radical (unpaired) electrons. The lowest BCUT2D eigenvalue weighted by atomic mass is 9.82. The van der Waals surface area contributed by atoms with Gasteiger partial charge in [0.25, 0.3) is 0 Å². The zero-order valence-electron chi connectivity index (χ0n) is 10.0. The lowest BCUT2D eigenvalue weighted by Crippen LogP contribution is -2.26. The van der Waals surface area contributed by atoms with E-state index in [-0.39, 0.29) is 0 Å². The minimum absolute atomic E-state index is 0.530. The van der Waals surface area contributed by atoms with Crippen molar-refractivity contribution in [1.29, 1.82) is 0 Å². The largest absolute Gasteiger partial charge is 0.370 e. The Labute approximate surface area is 106 Å². The summed E-state index contributed by atoms with van der Waals surface area (Å²) in [6.45, 7) is 6.98. The van der Waals surface area contributed by atoms with Crippen molar-refractivity contribution in [2.45, 2.75) is 33.1 Å². The highest BCUT2D eigenvalue weighted by Crippen LogP contribution is 2.40. The zero-order chi connectivity index (χ0) is 11.6. The molecule has 0 N–H and O–H groups in total. The number of hydrogen-bond acceptors (Lipinski definition) is 2. The van der Waals surface area contributed by atoms with E-state index < -0.39 is 0 Å². The average molecular weight is 283 g/mol. The molecule has 0 atom stereocenters. The first-order valence-corrected chi connectivity index (χ1v) is 6.84. The fourth-order valence-electron chi connectivity index (χ4n) is 2.59. The molecule has 1 aliphatic heterocycles. The maximum absolute atomic E-state index is 4.12. The van der Waals surface area contributed by atoms with E-state index in [1.165, 1.54) is 38.0 Å². The van der Waals surface area contributed by atoms with Crippen LogP contribution in [0, 0.1) is 5.41 Å². The summed E-state index contributed by atoms with van der Waals surface area (Å²) in [6, 6.07) is 2.10. The molecule has 0 bridgehead atoms. The Kier molecular flexibility index (Phi) is 3.53. The Balaban J connectivity index is 2.18. The van der Waals surface area contributed by atoms with E-state index in [0.717, 1.165) is 4.47 Å². The predicted octanol–water partition coefficient (Wildman–Crippen LogP) is 3.86. The van der Waals surface area contributed by atoms with E-state index in [1.807, 2.05) is 12.4 Å². The standard InChI is InChI=1S/C13H19BrN2/c1-3-13(4-2)6-8-16(10-13)12-5-7-15-9-11(12)14/h5,7,9H,3-4,6,8,10H2,1-2H3. The number of rotatable bonds is 3.